The Hall–Kier alpha value is -11.7. The second kappa shape index (κ2) is 32.1. The number of nitrogens with zero attached hydrogens (tertiary/aromatic N) is 9. The van der Waals surface area contributed by atoms with E-state index in [2.05, 4.69) is 61.5 Å². The zero-order valence-electron chi connectivity index (χ0n) is 53.9. The van der Waals surface area contributed by atoms with Crippen LogP contribution in [0.4, 0.5) is 46.4 Å². The van der Waals surface area contributed by atoms with E-state index in [0.29, 0.717) is 39.7 Å². The SMILES string of the molecule is CC(=O)c1cc(F)cc(Cl)c1.CC1(c2cc(F)cc(Cl)c2)NC(=O)c2ccc(Cl)c(=O)n21.CC1(c2cc(F)cc(Cl)c2)NC(=O)c2ccc(Nc3ccncn3)c(=O)n21.CC1(c2cc(F)cc(Cl)c2)NC(=O)c2ccc(Nc3ccncn3)c(=O)n21.NC(=O)c1ccc(Cl)c(=O)[nH]1.Nc1ccncn1. The predicted molar refractivity (Wildman–Crippen MR) is 381 cm³/mol. The number of hydrogen-bond acceptors (Lipinski definition) is 18. The highest BCUT2D eigenvalue weighted by Crippen LogP contribution is 2.35. The van der Waals surface area contributed by atoms with Crippen LogP contribution in [0, 0.1) is 23.3 Å². The van der Waals surface area contributed by atoms with Crippen molar-refractivity contribution in [1.29, 1.82) is 0 Å². The summed E-state index contributed by atoms with van der Waals surface area (Å²) < 4.78 is 57.7. The van der Waals surface area contributed by atoms with Crippen molar-refractivity contribution in [2.45, 2.75) is 44.7 Å². The van der Waals surface area contributed by atoms with E-state index in [1.54, 1.807) is 45.2 Å². The van der Waals surface area contributed by atoms with Gasteiger partial charge in [-0.25, -0.2) is 47.5 Å². The minimum absolute atomic E-state index is 0.0241. The van der Waals surface area contributed by atoms with E-state index in [4.69, 9.17) is 81.1 Å². The number of anilines is 5. The second-order valence-corrected chi connectivity index (χ2v) is 25.1. The Bertz CT molecular complexity index is 5180. The first kappa shape index (κ1) is 76.5. The summed E-state index contributed by atoms with van der Waals surface area (Å²) in [4.78, 5) is 132. The van der Waals surface area contributed by atoms with Crippen molar-refractivity contribution in [3.05, 3.63) is 317 Å². The summed E-state index contributed by atoms with van der Waals surface area (Å²) >= 11 is 34.5. The number of Topliss-reactive ketones (excluding diaryl/α,β-unsaturated/α-hetero) is 1. The van der Waals surface area contributed by atoms with Crippen LogP contribution in [0.3, 0.4) is 0 Å². The molecule has 3 aliphatic heterocycles. The molecule has 14 rings (SSSR count). The van der Waals surface area contributed by atoms with Crippen LogP contribution in [0.2, 0.25) is 30.1 Å². The molecule has 0 spiro atoms. The van der Waals surface area contributed by atoms with Gasteiger partial charge in [-0.1, -0.05) is 69.6 Å². The summed E-state index contributed by atoms with van der Waals surface area (Å²) in [5.41, 5.74) is 6.59. The molecular formula is C68H51Cl6F4N17O9. The van der Waals surface area contributed by atoms with Gasteiger partial charge in [-0.2, -0.15) is 0 Å². The molecule has 26 nitrogen and oxygen atoms in total. The van der Waals surface area contributed by atoms with Gasteiger partial charge in [-0.05, 0) is 167 Å². The van der Waals surface area contributed by atoms with Gasteiger partial charge in [0.15, 0.2) is 5.78 Å². The van der Waals surface area contributed by atoms with Gasteiger partial charge in [-0.3, -0.25) is 56.9 Å². The molecule has 4 aromatic carbocycles. The molecule has 0 bridgehead atoms. The number of nitrogens with one attached hydrogen (secondary N) is 6. The van der Waals surface area contributed by atoms with Gasteiger partial charge >= 0.3 is 0 Å². The molecule has 0 saturated carbocycles. The van der Waals surface area contributed by atoms with E-state index >= 15 is 0 Å². The Kier molecular flexibility index (Phi) is 23.6. The number of nitrogens with two attached hydrogens (primary N) is 2. The van der Waals surface area contributed by atoms with Gasteiger partial charge in [0.2, 0.25) is 0 Å². The molecule has 104 heavy (non-hydrogen) atoms. The van der Waals surface area contributed by atoms with Crippen LogP contribution in [-0.4, -0.2) is 78.0 Å². The third-order valence-electron chi connectivity index (χ3n) is 15.3. The maximum atomic E-state index is 13.9. The van der Waals surface area contributed by atoms with Crippen molar-refractivity contribution < 1.29 is 41.5 Å². The Labute approximate surface area is 614 Å². The number of aromatic nitrogens is 10. The number of carbonyl (C=O) groups excluding carboxylic acids is 5. The molecule has 4 amide bonds. The number of hydrogen-bond donors (Lipinski definition) is 8. The lowest BCUT2D eigenvalue weighted by molar-refractivity contribution is 0.0932. The maximum absolute atomic E-state index is 13.9. The van der Waals surface area contributed by atoms with Crippen LogP contribution in [0.15, 0.2) is 196 Å². The van der Waals surface area contributed by atoms with E-state index in [0.717, 1.165) is 30.3 Å². The largest absolute Gasteiger partial charge is 0.384 e. The first-order chi connectivity index (χ1) is 49.2. The summed E-state index contributed by atoms with van der Waals surface area (Å²) in [5.74, 6) is -3.00. The van der Waals surface area contributed by atoms with E-state index in [1.165, 1.54) is 143 Å². The van der Waals surface area contributed by atoms with E-state index in [1.807, 2.05) is 0 Å². The van der Waals surface area contributed by atoms with E-state index < -0.39 is 86.1 Å². The Balaban J connectivity index is 0.000000153. The average Bonchev–Trinajstić information content (AvgIpc) is 1.59. The number of pyridine rings is 4. The highest BCUT2D eigenvalue weighted by molar-refractivity contribution is 6.32. The highest BCUT2D eigenvalue weighted by Gasteiger charge is 2.45. The van der Waals surface area contributed by atoms with Gasteiger partial charge in [0.25, 0.3) is 45.9 Å². The quantitative estimate of drug-likeness (QED) is 0.0491. The summed E-state index contributed by atoms with van der Waals surface area (Å²) in [7, 11) is 0. The molecule has 7 aromatic heterocycles. The number of halogens is 10. The molecule has 36 heteroatoms. The molecule has 3 atom stereocenters. The molecule has 10 heterocycles. The number of aromatic amines is 1. The summed E-state index contributed by atoms with van der Waals surface area (Å²) in [6, 6.07) is 31.8. The number of H-pyrrole nitrogens is 1. The fourth-order valence-corrected chi connectivity index (χ4v) is 11.6. The smallest absolute Gasteiger partial charge is 0.277 e. The first-order valence-electron chi connectivity index (χ1n) is 29.7. The van der Waals surface area contributed by atoms with Crippen LogP contribution in [0.5, 0.6) is 0 Å². The minimum atomic E-state index is -1.29. The van der Waals surface area contributed by atoms with E-state index in [-0.39, 0.29) is 70.1 Å². The van der Waals surface area contributed by atoms with Gasteiger partial charge < -0.3 is 43.0 Å². The number of benzene rings is 4. The lowest BCUT2D eigenvalue weighted by Crippen LogP contribution is -2.46. The van der Waals surface area contributed by atoms with Crippen molar-refractivity contribution in [2.75, 3.05) is 16.4 Å². The van der Waals surface area contributed by atoms with E-state index in [9.17, 15) is 60.7 Å². The molecule has 3 aliphatic rings. The number of amides is 4. The fraction of sp³-hybridized carbons (Fsp3) is 0.103. The maximum Gasteiger partial charge on any atom is 0.277 e. The zero-order valence-corrected chi connectivity index (χ0v) is 58.4. The minimum Gasteiger partial charge on any atom is -0.384 e. The fourth-order valence-electron chi connectivity index (χ4n) is 10.4. The van der Waals surface area contributed by atoms with Crippen molar-refractivity contribution >= 4 is 128 Å². The molecular weight excluding hydrogens is 1490 g/mol. The Morgan fingerprint density at radius 2 is 0.817 bits per heavy atom. The first-order valence-corrected chi connectivity index (χ1v) is 32.0. The van der Waals surface area contributed by atoms with Gasteiger partial charge in [0.05, 0.1) is 0 Å². The molecule has 3 unspecified atom stereocenters. The average molecular weight is 1540 g/mol. The number of ketones is 1. The highest BCUT2D eigenvalue weighted by atomic mass is 35.5. The molecule has 10 N–H and O–H groups in total. The molecule has 532 valence electrons. The van der Waals surface area contributed by atoms with Crippen LogP contribution in [-0.2, 0) is 17.0 Å². The van der Waals surface area contributed by atoms with Crippen LogP contribution >= 0.6 is 69.6 Å². The second-order valence-electron chi connectivity index (χ2n) is 22.5. The Morgan fingerprint density at radius 3 is 1.14 bits per heavy atom. The van der Waals surface area contributed by atoms with Crippen LogP contribution in [0.25, 0.3) is 0 Å². The zero-order chi connectivity index (χ0) is 75.7. The number of carbonyl (C=O) groups is 5. The van der Waals surface area contributed by atoms with Gasteiger partial charge in [0.1, 0.15) is 121 Å². The number of fused-ring (bicyclic) bond motifs is 3. The summed E-state index contributed by atoms with van der Waals surface area (Å²) in [6.07, 6.45) is 8.76. The third-order valence-corrected chi connectivity index (χ3v) is 16.7. The van der Waals surface area contributed by atoms with Gasteiger partial charge in [0, 0.05) is 60.9 Å². The van der Waals surface area contributed by atoms with Crippen molar-refractivity contribution in [3.8, 4) is 0 Å². The summed E-state index contributed by atoms with van der Waals surface area (Å²) in [6.45, 7) is 6.18. The third kappa shape index (κ3) is 17.4. The molecule has 0 saturated heterocycles. The van der Waals surface area contributed by atoms with Crippen LogP contribution < -0.4 is 60.3 Å². The number of rotatable bonds is 9. The lowest BCUT2D eigenvalue weighted by atomic mass is 10.0. The topological polar surface area (TPSA) is 374 Å². The molecule has 0 aliphatic carbocycles. The van der Waals surface area contributed by atoms with Crippen molar-refractivity contribution in [2.24, 2.45) is 5.73 Å². The predicted octanol–water partition coefficient (Wildman–Crippen LogP) is 10.9. The Morgan fingerprint density at radius 1 is 0.452 bits per heavy atom. The molecule has 0 fully saturated rings. The molecule has 11 aromatic rings. The van der Waals surface area contributed by atoms with Gasteiger partial charge in [-0.15, -0.1) is 0 Å². The summed E-state index contributed by atoms with van der Waals surface area (Å²) in [5, 5.41) is 14.7. The number of nitrogen functional groups attached to an aromatic ring is 1. The monoisotopic (exact) mass is 1540 g/mol. The molecule has 0 radical (unpaired) electrons. The van der Waals surface area contributed by atoms with Crippen molar-refractivity contribution in [1.82, 2.24) is 64.5 Å². The number of primary amides is 1. The normalized spacial score (nSPS) is 16.1. The lowest BCUT2D eigenvalue weighted by Gasteiger charge is -2.28. The standard InChI is InChI=1S/2C18H13ClFN5O2.C14H9Cl2FN2O2.C8H6ClFO.C6H5ClN2O2.C4H5N3/c2*1-18(10-6-11(19)8-12(20)7-10)24-16(26)14-3-2-13(17(27)25(14)18)23-15-4-5-21-9-22-15;1-14(7-4-8(15)6-9(17)5-7)18-12(20)11-3-2-10(16)13(21)19(11)14;1-5(11)6-2-7(9)4-8(10)3-6;7-3-1-2-4(5(8)10)9-6(3)11;5-4-1-2-6-3-7-4/h2*2-9H,1H3,(H,24,26)(H,21,22,23);2-6H,1H3,(H,18,20);2-4H,1H3;1-2H,(H2,8,10)(H,9,11);1-3H,(H2,5,6,7). The van der Waals surface area contributed by atoms with Crippen LogP contribution in [0.1, 0.15) is 96.7 Å². The van der Waals surface area contributed by atoms with Crippen molar-refractivity contribution in [3.63, 3.8) is 0 Å².